The lowest BCUT2D eigenvalue weighted by Crippen LogP contribution is -2.32. The molecule has 10 heteroatoms. The summed E-state index contributed by atoms with van der Waals surface area (Å²) >= 11 is 0. The molecule has 0 aliphatic rings. The first-order chi connectivity index (χ1) is 14.0. The molecule has 0 aliphatic carbocycles. The molecule has 0 heterocycles. The first kappa shape index (κ1) is 27.2. The zero-order chi connectivity index (χ0) is 22.6. The average molecular weight is 459 g/mol. The van der Waals surface area contributed by atoms with E-state index < -0.39 is 23.3 Å². The Labute approximate surface area is 183 Å². The Morgan fingerprint density at radius 1 is 0.733 bits per heavy atom. The first-order valence-corrected chi connectivity index (χ1v) is 17.9. The van der Waals surface area contributed by atoms with E-state index in [9.17, 15) is 10.0 Å². The van der Waals surface area contributed by atoms with E-state index >= 15 is 0 Å². The van der Waals surface area contributed by atoms with Crippen LogP contribution >= 0.6 is 0 Å². The number of hydrogen-bond acceptors (Lipinski definition) is 7. The number of benzene rings is 1. The van der Waals surface area contributed by atoms with Gasteiger partial charge < -0.3 is 33.7 Å². The van der Waals surface area contributed by atoms with Crippen molar-refractivity contribution >= 4 is 28.7 Å². The quantitative estimate of drug-likeness (QED) is 0.224. The van der Waals surface area contributed by atoms with Gasteiger partial charge in [0.25, 0.3) is 0 Å². The highest BCUT2D eigenvalue weighted by Crippen LogP contribution is 2.25. The lowest BCUT2D eigenvalue weighted by Gasteiger charge is -2.18. The second-order valence-electron chi connectivity index (χ2n) is 9.62. The largest absolute Gasteiger partial charge is 0.492 e. The van der Waals surface area contributed by atoms with Crippen molar-refractivity contribution in [3.63, 3.8) is 0 Å². The highest BCUT2D eigenvalue weighted by molar-refractivity contribution is 6.76. The van der Waals surface area contributed by atoms with Gasteiger partial charge in [0.05, 0.1) is 6.61 Å². The highest BCUT2D eigenvalue weighted by atomic mass is 28.3. The molecule has 1 rings (SSSR count). The third kappa shape index (κ3) is 12.7. The second kappa shape index (κ2) is 13.5. The van der Waals surface area contributed by atoms with E-state index in [0.29, 0.717) is 25.6 Å². The normalized spacial score (nSPS) is 12.1. The van der Waals surface area contributed by atoms with Crippen LogP contribution in [-0.2, 0) is 14.2 Å². The molecule has 0 aromatic heterocycles. The minimum Gasteiger partial charge on any atom is -0.487 e. The minimum absolute atomic E-state index is 0.0198. The van der Waals surface area contributed by atoms with Gasteiger partial charge in [0.2, 0.25) is 0 Å². The van der Waals surface area contributed by atoms with Crippen molar-refractivity contribution in [2.75, 3.05) is 40.0 Å². The van der Waals surface area contributed by atoms with Crippen molar-refractivity contribution < 1.29 is 33.7 Å². The van der Waals surface area contributed by atoms with E-state index in [0.717, 1.165) is 12.1 Å². The third-order valence-corrected chi connectivity index (χ3v) is 7.63. The zero-order valence-electron chi connectivity index (χ0n) is 19.4. The summed E-state index contributed by atoms with van der Waals surface area (Å²) < 4.78 is 27.9. The number of rotatable bonds is 16. The molecule has 0 fully saturated rings. The summed E-state index contributed by atoms with van der Waals surface area (Å²) in [6.45, 7) is 16.0. The molecular weight excluding hydrogens is 419 g/mol. The van der Waals surface area contributed by atoms with Crippen molar-refractivity contribution in [1.82, 2.24) is 0 Å². The zero-order valence-corrected chi connectivity index (χ0v) is 21.4. The summed E-state index contributed by atoms with van der Waals surface area (Å²) in [6, 6.07) is 7.11. The van der Waals surface area contributed by atoms with E-state index in [1.807, 2.05) is 0 Å². The summed E-state index contributed by atoms with van der Waals surface area (Å²) in [6.07, 6.45) is 0. The number of ether oxygens (including phenoxy) is 5. The maximum Gasteiger partial charge on any atom is 0.492 e. The molecule has 0 amide bonds. The minimum atomic E-state index is -1.67. The Morgan fingerprint density at radius 2 is 1.30 bits per heavy atom. The summed E-state index contributed by atoms with van der Waals surface area (Å²) in [4.78, 5) is 0. The molecule has 0 saturated heterocycles. The van der Waals surface area contributed by atoms with Gasteiger partial charge in [0.1, 0.15) is 13.4 Å². The van der Waals surface area contributed by atoms with Crippen molar-refractivity contribution in [1.29, 1.82) is 0 Å². The fourth-order valence-electron chi connectivity index (χ4n) is 2.31. The summed E-state index contributed by atoms with van der Waals surface area (Å²) in [5.74, 6) is 0.685. The van der Waals surface area contributed by atoms with E-state index in [1.54, 1.807) is 18.2 Å². The Balaban J connectivity index is 2.44. The van der Waals surface area contributed by atoms with Crippen LogP contribution in [0.15, 0.2) is 18.2 Å². The van der Waals surface area contributed by atoms with Gasteiger partial charge in [-0.25, -0.2) is 0 Å². The molecule has 0 radical (unpaired) electrons. The predicted octanol–water partition coefficient (Wildman–Crippen LogP) is 2.77. The van der Waals surface area contributed by atoms with E-state index in [4.69, 9.17) is 23.7 Å². The molecule has 0 bridgehead atoms. The Morgan fingerprint density at radius 3 is 1.87 bits per heavy atom. The van der Waals surface area contributed by atoms with Crippen molar-refractivity contribution in [2.24, 2.45) is 0 Å². The van der Waals surface area contributed by atoms with Gasteiger partial charge in [-0.05, 0) is 18.2 Å². The third-order valence-electron chi connectivity index (χ3n) is 4.22. The smallest absolute Gasteiger partial charge is 0.487 e. The fraction of sp³-hybridized carbons (Fsp3) is 0.700. The van der Waals surface area contributed by atoms with Crippen LogP contribution in [0.5, 0.6) is 11.5 Å². The summed E-state index contributed by atoms with van der Waals surface area (Å²) in [5.41, 5.74) is 0.233. The van der Waals surface area contributed by atoms with Crippen LogP contribution in [0.3, 0.4) is 0 Å². The summed E-state index contributed by atoms with van der Waals surface area (Å²) in [7, 11) is -3.93. The van der Waals surface area contributed by atoms with Crippen molar-refractivity contribution in [2.45, 2.75) is 51.4 Å². The maximum absolute atomic E-state index is 9.63. The van der Waals surface area contributed by atoms with Crippen LogP contribution in [-0.4, -0.2) is 73.3 Å². The highest BCUT2D eigenvalue weighted by Gasteiger charge is 2.21. The van der Waals surface area contributed by atoms with E-state index in [1.165, 1.54) is 0 Å². The van der Waals surface area contributed by atoms with Gasteiger partial charge >= 0.3 is 7.12 Å². The topological polar surface area (TPSA) is 86.6 Å². The molecular formula is C20H39BO7Si2. The molecule has 7 nitrogen and oxygen atoms in total. The Kier molecular flexibility index (Phi) is 12.2. The van der Waals surface area contributed by atoms with Crippen molar-refractivity contribution in [3.05, 3.63) is 18.2 Å². The first-order valence-electron chi connectivity index (χ1n) is 10.5. The molecule has 0 aliphatic heterocycles. The number of para-hydroxylation sites is 1. The molecule has 0 saturated carbocycles. The standard InChI is InChI=1S/C20H39BO7Si2/c1-29(2,3)14-12-25-16-24-10-11-27-19-9-7-8-18(21(22)23)20(19)28-17-26-13-15-30(4,5)6/h7-9,22-23H,10-17H2,1-6H3. The second-order valence-corrected chi connectivity index (χ2v) is 20.9. The molecule has 0 atom stereocenters. The van der Waals surface area contributed by atoms with Gasteiger partial charge in [-0.15, -0.1) is 0 Å². The molecule has 1 aromatic rings. The monoisotopic (exact) mass is 458 g/mol. The maximum atomic E-state index is 9.63. The van der Waals surface area contributed by atoms with Crippen LogP contribution in [0, 0.1) is 0 Å². The van der Waals surface area contributed by atoms with Gasteiger partial charge in [-0.3, -0.25) is 0 Å². The summed E-state index contributed by atoms with van der Waals surface area (Å²) in [5, 5.41) is 19.3. The van der Waals surface area contributed by atoms with Gasteiger partial charge in [0, 0.05) is 34.8 Å². The van der Waals surface area contributed by atoms with Gasteiger partial charge in [-0.2, -0.15) is 0 Å². The number of hydrogen-bond donors (Lipinski definition) is 2. The lowest BCUT2D eigenvalue weighted by molar-refractivity contribution is -0.0565. The van der Waals surface area contributed by atoms with Crippen LogP contribution in [0.1, 0.15) is 0 Å². The van der Waals surface area contributed by atoms with Gasteiger partial charge in [0.15, 0.2) is 18.3 Å². The van der Waals surface area contributed by atoms with Crippen molar-refractivity contribution in [3.8, 4) is 11.5 Å². The van der Waals surface area contributed by atoms with Crippen LogP contribution in [0.4, 0.5) is 0 Å². The SMILES string of the molecule is C[Si](C)(C)CCOCOCCOc1cccc(B(O)O)c1OCOCC[Si](C)(C)C. The van der Waals surface area contributed by atoms with Crippen LogP contribution < -0.4 is 14.9 Å². The average Bonchev–Trinajstić information content (AvgIpc) is 2.62. The molecule has 2 N–H and O–H groups in total. The molecule has 30 heavy (non-hydrogen) atoms. The molecule has 1 aromatic carbocycles. The molecule has 0 spiro atoms. The predicted molar refractivity (Wildman–Crippen MR) is 126 cm³/mol. The Hall–Kier alpha value is -0.881. The van der Waals surface area contributed by atoms with E-state index in [-0.39, 0.29) is 31.4 Å². The molecule has 172 valence electrons. The Bertz CT molecular complexity index is 604. The van der Waals surface area contributed by atoms with Crippen LogP contribution in [0.2, 0.25) is 51.4 Å². The fourth-order valence-corrected chi connectivity index (χ4v) is 3.82. The lowest BCUT2D eigenvalue weighted by atomic mass is 9.79. The molecule has 0 unspecified atom stereocenters. The van der Waals surface area contributed by atoms with E-state index in [2.05, 4.69) is 39.3 Å². The van der Waals surface area contributed by atoms with Gasteiger partial charge in [-0.1, -0.05) is 51.4 Å². The van der Waals surface area contributed by atoms with Crippen LogP contribution in [0.25, 0.3) is 0 Å².